The predicted molar refractivity (Wildman–Crippen MR) is 88.6 cm³/mol. The van der Waals surface area contributed by atoms with E-state index in [1.165, 1.54) is 11.5 Å². The van der Waals surface area contributed by atoms with Gasteiger partial charge in [-0.1, -0.05) is 0 Å². The lowest BCUT2D eigenvalue weighted by molar-refractivity contribution is 1.08. The van der Waals surface area contributed by atoms with Crippen molar-refractivity contribution < 1.29 is 0 Å². The number of nitrogens with zero attached hydrogens (tertiary/aromatic N) is 4. The van der Waals surface area contributed by atoms with Crippen LogP contribution in [0.15, 0.2) is 41.4 Å². The molecule has 0 saturated carbocycles. The fraction of sp³-hybridized carbons (Fsp3) is 0.143. The second kappa shape index (κ2) is 6.35. The molecule has 3 rings (SSSR count). The first-order valence-electron chi connectivity index (χ1n) is 6.66. The Hall–Kier alpha value is -2.74. The van der Waals surface area contributed by atoms with Gasteiger partial charge in [0.1, 0.15) is 5.00 Å². The number of nitrogens with one attached hydrogen (secondary N) is 3. The Morgan fingerprint density at radius 2 is 2.27 bits per heavy atom. The van der Waals surface area contributed by atoms with E-state index in [9.17, 15) is 0 Å². The number of hydrogen-bond acceptors (Lipinski definition) is 6. The summed E-state index contributed by atoms with van der Waals surface area (Å²) in [5.41, 5.74) is 3.84. The molecule has 8 heteroatoms. The van der Waals surface area contributed by atoms with Crippen LogP contribution in [0.3, 0.4) is 0 Å². The third kappa shape index (κ3) is 3.29. The van der Waals surface area contributed by atoms with Gasteiger partial charge < -0.3 is 5.32 Å². The van der Waals surface area contributed by atoms with E-state index in [1.807, 2.05) is 26.0 Å². The van der Waals surface area contributed by atoms with Gasteiger partial charge in [-0.2, -0.15) is 14.6 Å². The van der Waals surface area contributed by atoms with E-state index < -0.39 is 0 Å². The molecule has 0 aliphatic rings. The molecule has 0 aliphatic carbocycles. The van der Waals surface area contributed by atoms with E-state index in [1.54, 1.807) is 24.8 Å². The van der Waals surface area contributed by atoms with Crippen molar-refractivity contribution >= 4 is 28.6 Å². The smallest absolute Gasteiger partial charge is 0.155 e. The summed E-state index contributed by atoms with van der Waals surface area (Å²) >= 11 is 1.44. The van der Waals surface area contributed by atoms with Crippen LogP contribution < -0.4 is 5.32 Å². The largest absolute Gasteiger partial charge is 0.350 e. The van der Waals surface area contributed by atoms with Gasteiger partial charge in [-0.25, -0.2) is 4.99 Å². The van der Waals surface area contributed by atoms with Gasteiger partial charge >= 0.3 is 0 Å². The highest BCUT2D eigenvalue weighted by molar-refractivity contribution is 7.10. The first-order chi connectivity index (χ1) is 10.7. The third-order valence-electron chi connectivity index (χ3n) is 2.90. The number of aryl methyl sites for hydroxylation is 1. The van der Waals surface area contributed by atoms with Crippen LogP contribution in [-0.2, 0) is 0 Å². The van der Waals surface area contributed by atoms with Crippen LogP contribution in [0, 0.1) is 6.92 Å². The fourth-order valence-corrected chi connectivity index (χ4v) is 2.59. The monoisotopic (exact) mass is 313 g/mol. The first-order valence-corrected chi connectivity index (χ1v) is 7.43. The van der Waals surface area contributed by atoms with Crippen LogP contribution in [-0.4, -0.2) is 31.0 Å². The zero-order valence-corrected chi connectivity index (χ0v) is 13.0. The van der Waals surface area contributed by atoms with Crippen LogP contribution in [0.2, 0.25) is 0 Å². The lowest BCUT2D eigenvalue weighted by Crippen LogP contribution is -1.92. The van der Waals surface area contributed by atoms with Gasteiger partial charge in [0.05, 0.1) is 18.1 Å². The van der Waals surface area contributed by atoms with Gasteiger partial charge in [-0.15, -0.1) is 0 Å². The molecule has 0 aromatic carbocycles. The average molecular weight is 313 g/mol. The Bertz CT molecular complexity index is 795. The maximum absolute atomic E-state index is 4.40. The summed E-state index contributed by atoms with van der Waals surface area (Å²) in [7, 11) is 0. The maximum Gasteiger partial charge on any atom is 0.155 e. The third-order valence-corrected chi connectivity index (χ3v) is 3.70. The molecule has 3 aromatic heterocycles. The summed E-state index contributed by atoms with van der Waals surface area (Å²) < 4.78 is 4.23. The summed E-state index contributed by atoms with van der Waals surface area (Å²) in [6.07, 6.45) is 8.89. The molecule has 3 aromatic rings. The molecule has 7 nitrogen and oxygen atoms in total. The number of anilines is 1. The minimum Gasteiger partial charge on any atom is -0.350 e. The van der Waals surface area contributed by atoms with Crippen LogP contribution >= 0.6 is 11.5 Å². The Morgan fingerprint density at radius 3 is 3.00 bits per heavy atom. The number of aromatic amines is 2. The SMILES string of the molecule is C/C(=C\C=Nc1[nH]ncc1-c1cn[nH]c1)Nc1cc(C)ns1. The molecule has 3 heterocycles. The highest BCUT2D eigenvalue weighted by Gasteiger charge is 2.06. The molecule has 22 heavy (non-hydrogen) atoms. The molecule has 3 N–H and O–H groups in total. The molecule has 0 atom stereocenters. The Labute approximate surface area is 131 Å². The summed E-state index contributed by atoms with van der Waals surface area (Å²) in [6, 6.07) is 2.01. The molecule has 0 saturated heterocycles. The summed E-state index contributed by atoms with van der Waals surface area (Å²) in [5, 5.41) is 17.9. The molecule has 112 valence electrons. The molecule has 0 unspecified atom stereocenters. The van der Waals surface area contributed by atoms with Gasteiger partial charge in [-0.05, 0) is 37.5 Å². The van der Waals surface area contributed by atoms with E-state index in [0.717, 1.165) is 27.5 Å². The highest BCUT2D eigenvalue weighted by atomic mass is 32.1. The van der Waals surface area contributed by atoms with Crippen LogP contribution in [0.1, 0.15) is 12.6 Å². The Balaban J connectivity index is 1.69. The van der Waals surface area contributed by atoms with E-state index in [-0.39, 0.29) is 0 Å². The van der Waals surface area contributed by atoms with E-state index in [0.29, 0.717) is 5.82 Å². The van der Waals surface area contributed by atoms with Crippen molar-refractivity contribution in [3.8, 4) is 11.1 Å². The lowest BCUT2D eigenvalue weighted by atomic mass is 10.2. The second-order valence-corrected chi connectivity index (χ2v) is 5.51. The van der Waals surface area contributed by atoms with Crippen LogP contribution in [0.25, 0.3) is 11.1 Å². The summed E-state index contributed by atoms with van der Waals surface area (Å²) in [5.74, 6) is 0.694. The predicted octanol–water partition coefficient (Wildman–Crippen LogP) is 3.28. The van der Waals surface area contributed by atoms with Crippen molar-refractivity contribution in [3.05, 3.63) is 42.1 Å². The Morgan fingerprint density at radius 1 is 1.36 bits per heavy atom. The van der Waals surface area contributed by atoms with Gasteiger partial charge in [0, 0.05) is 29.2 Å². The number of H-pyrrole nitrogens is 2. The molecule has 0 amide bonds. The van der Waals surface area contributed by atoms with Crippen molar-refractivity contribution in [1.29, 1.82) is 0 Å². The number of rotatable bonds is 5. The molecule has 0 radical (unpaired) electrons. The van der Waals surface area contributed by atoms with Crippen molar-refractivity contribution in [2.45, 2.75) is 13.8 Å². The van der Waals surface area contributed by atoms with Gasteiger partial charge in [0.2, 0.25) is 0 Å². The van der Waals surface area contributed by atoms with Crippen molar-refractivity contribution in [3.63, 3.8) is 0 Å². The second-order valence-electron chi connectivity index (χ2n) is 4.70. The molecule has 0 fully saturated rings. The average Bonchev–Trinajstić information content (AvgIpc) is 3.20. The molecular formula is C14H15N7S. The maximum atomic E-state index is 4.40. The quantitative estimate of drug-likeness (QED) is 0.630. The number of allylic oxidation sites excluding steroid dienone is 2. The van der Waals surface area contributed by atoms with Crippen molar-refractivity contribution in [2.75, 3.05) is 5.32 Å². The standard InChI is InChI=1S/C14H15N7S/c1-9(19-13-5-10(2)21-22-13)3-4-15-14-12(8-18-20-14)11-6-16-17-7-11/h3-8,19H,1-2H3,(H,16,17)(H,18,20)/b9-3+,15-4?. The highest BCUT2D eigenvalue weighted by Crippen LogP contribution is 2.26. The molecule has 0 bridgehead atoms. The molecule has 0 aliphatic heterocycles. The van der Waals surface area contributed by atoms with Gasteiger partial charge in [0.15, 0.2) is 5.82 Å². The topological polar surface area (TPSA) is 94.6 Å². The number of hydrogen-bond donors (Lipinski definition) is 3. The summed E-state index contributed by atoms with van der Waals surface area (Å²) in [4.78, 5) is 4.40. The zero-order valence-electron chi connectivity index (χ0n) is 12.2. The minimum atomic E-state index is 0.694. The van der Waals surface area contributed by atoms with Crippen LogP contribution in [0.5, 0.6) is 0 Å². The zero-order chi connectivity index (χ0) is 15.4. The lowest BCUT2D eigenvalue weighted by Gasteiger charge is -2.00. The molecular weight excluding hydrogens is 298 g/mol. The summed E-state index contributed by atoms with van der Waals surface area (Å²) in [6.45, 7) is 3.95. The van der Waals surface area contributed by atoms with E-state index >= 15 is 0 Å². The Kier molecular flexibility index (Phi) is 4.10. The van der Waals surface area contributed by atoms with E-state index in [2.05, 4.69) is 35.1 Å². The van der Waals surface area contributed by atoms with Crippen molar-refractivity contribution in [2.24, 2.45) is 4.99 Å². The van der Waals surface area contributed by atoms with E-state index in [4.69, 9.17) is 0 Å². The number of aliphatic imine (C=N–C) groups is 1. The fourth-order valence-electron chi connectivity index (χ4n) is 1.87. The normalized spacial score (nSPS) is 12.2. The number of aromatic nitrogens is 5. The molecule has 0 spiro atoms. The first kappa shape index (κ1) is 14.2. The minimum absolute atomic E-state index is 0.694. The van der Waals surface area contributed by atoms with Gasteiger partial charge in [0.25, 0.3) is 0 Å². The van der Waals surface area contributed by atoms with Crippen LogP contribution in [0.4, 0.5) is 10.8 Å². The van der Waals surface area contributed by atoms with Gasteiger partial charge in [-0.3, -0.25) is 10.2 Å². The van der Waals surface area contributed by atoms with Crippen molar-refractivity contribution in [1.82, 2.24) is 24.8 Å².